The maximum Gasteiger partial charge on any atom is 0.222 e. The van der Waals surface area contributed by atoms with Crippen molar-refractivity contribution in [3.63, 3.8) is 0 Å². The molecular formula is C16H30N2O2. The topological polar surface area (TPSA) is 41.6 Å². The van der Waals surface area contributed by atoms with Gasteiger partial charge in [-0.1, -0.05) is 13.8 Å². The summed E-state index contributed by atoms with van der Waals surface area (Å²) in [4.78, 5) is 14.5. The fourth-order valence-electron chi connectivity index (χ4n) is 3.21. The first-order valence-corrected chi connectivity index (χ1v) is 8.28. The Morgan fingerprint density at radius 1 is 1.35 bits per heavy atom. The molecule has 0 aromatic carbocycles. The molecule has 2 atom stereocenters. The summed E-state index contributed by atoms with van der Waals surface area (Å²) in [5.41, 5.74) is 0. The van der Waals surface area contributed by atoms with Gasteiger partial charge in [0.1, 0.15) is 0 Å². The molecule has 0 radical (unpaired) electrons. The quantitative estimate of drug-likeness (QED) is 0.778. The number of carbonyl (C=O) groups is 1. The summed E-state index contributed by atoms with van der Waals surface area (Å²) >= 11 is 0. The van der Waals surface area contributed by atoms with Crippen molar-refractivity contribution in [1.29, 1.82) is 0 Å². The standard InChI is InChI=1S/C16H30N2O2/c1-13(2)11-18(12-14-5-3-9-17-14)16(19)8-7-15-6-4-10-20-15/h13-15,17H,3-12H2,1-2H3. The molecule has 0 saturated carbocycles. The monoisotopic (exact) mass is 282 g/mol. The molecule has 0 aliphatic carbocycles. The van der Waals surface area contributed by atoms with Gasteiger partial charge in [-0.2, -0.15) is 0 Å². The largest absolute Gasteiger partial charge is 0.378 e. The van der Waals surface area contributed by atoms with Crippen molar-refractivity contribution in [1.82, 2.24) is 10.2 Å². The van der Waals surface area contributed by atoms with E-state index in [1.165, 1.54) is 12.8 Å². The van der Waals surface area contributed by atoms with Crippen molar-refractivity contribution in [3.05, 3.63) is 0 Å². The van der Waals surface area contributed by atoms with E-state index in [0.717, 1.165) is 45.5 Å². The zero-order valence-electron chi connectivity index (χ0n) is 13.1. The average Bonchev–Trinajstić information content (AvgIpc) is 3.07. The smallest absolute Gasteiger partial charge is 0.222 e. The molecule has 2 heterocycles. The minimum atomic E-state index is 0.308. The van der Waals surface area contributed by atoms with Crippen molar-refractivity contribution < 1.29 is 9.53 Å². The van der Waals surface area contributed by atoms with Crippen LogP contribution in [0.3, 0.4) is 0 Å². The number of nitrogens with zero attached hydrogens (tertiary/aromatic N) is 1. The summed E-state index contributed by atoms with van der Waals surface area (Å²) in [5, 5.41) is 3.49. The van der Waals surface area contributed by atoms with E-state index in [2.05, 4.69) is 24.1 Å². The number of nitrogens with one attached hydrogen (secondary N) is 1. The van der Waals surface area contributed by atoms with Crippen molar-refractivity contribution in [3.8, 4) is 0 Å². The van der Waals surface area contributed by atoms with Gasteiger partial charge in [-0.3, -0.25) is 4.79 Å². The number of hydrogen-bond donors (Lipinski definition) is 1. The summed E-state index contributed by atoms with van der Waals surface area (Å²) < 4.78 is 5.61. The molecule has 0 bridgehead atoms. The summed E-state index contributed by atoms with van der Waals surface area (Å²) in [7, 11) is 0. The van der Waals surface area contributed by atoms with Crippen molar-refractivity contribution in [2.75, 3.05) is 26.2 Å². The SMILES string of the molecule is CC(C)CN(CC1CCCN1)C(=O)CCC1CCCO1. The van der Waals surface area contributed by atoms with E-state index in [1.54, 1.807) is 0 Å². The molecule has 2 fully saturated rings. The van der Waals surface area contributed by atoms with Gasteiger partial charge in [0.05, 0.1) is 6.10 Å². The highest BCUT2D eigenvalue weighted by molar-refractivity contribution is 5.76. The molecule has 4 heteroatoms. The van der Waals surface area contributed by atoms with E-state index in [0.29, 0.717) is 30.4 Å². The molecule has 1 N–H and O–H groups in total. The van der Waals surface area contributed by atoms with E-state index in [4.69, 9.17) is 4.74 Å². The Morgan fingerprint density at radius 3 is 2.80 bits per heavy atom. The van der Waals surface area contributed by atoms with Crippen LogP contribution >= 0.6 is 0 Å². The van der Waals surface area contributed by atoms with E-state index in [9.17, 15) is 4.79 Å². The molecule has 0 aromatic rings. The number of carbonyl (C=O) groups excluding carboxylic acids is 1. The van der Waals surface area contributed by atoms with Gasteiger partial charge >= 0.3 is 0 Å². The fraction of sp³-hybridized carbons (Fsp3) is 0.938. The van der Waals surface area contributed by atoms with E-state index in [1.807, 2.05) is 0 Å². The first kappa shape index (κ1) is 15.8. The molecule has 2 aliphatic rings. The first-order valence-electron chi connectivity index (χ1n) is 8.28. The van der Waals surface area contributed by atoms with Gasteiger partial charge in [-0.25, -0.2) is 0 Å². The van der Waals surface area contributed by atoms with Crippen LogP contribution in [0.5, 0.6) is 0 Å². The van der Waals surface area contributed by atoms with Crippen LogP contribution in [0.1, 0.15) is 52.4 Å². The van der Waals surface area contributed by atoms with Crippen LogP contribution in [0.25, 0.3) is 0 Å². The van der Waals surface area contributed by atoms with Gasteiger partial charge in [-0.15, -0.1) is 0 Å². The highest BCUT2D eigenvalue weighted by Crippen LogP contribution is 2.18. The third kappa shape index (κ3) is 5.06. The zero-order chi connectivity index (χ0) is 14.4. The lowest BCUT2D eigenvalue weighted by atomic mass is 10.1. The Balaban J connectivity index is 1.78. The van der Waals surface area contributed by atoms with Crippen LogP contribution in [-0.4, -0.2) is 49.2 Å². The maximum absolute atomic E-state index is 12.5. The van der Waals surface area contributed by atoms with Crippen LogP contribution in [0, 0.1) is 5.92 Å². The second kappa shape index (κ2) is 7.99. The highest BCUT2D eigenvalue weighted by atomic mass is 16.5. The summed E-state index contributed by atoms with van der Waals surface area (Å²) in [6.07, 6.45) is 6.58. The van der Waals surface area contributed by atoms with Crippen LogP contribution in [0.4, 0.5) is 0 Å². The van der Waals surface area contributed by atoms with Gasteiger partial charge < -0.3 is 15.0 Å². The second-order valence-electron chi connectivity index (χ2n) is 6.66. The van der Waals surface area contributed by atoms with Gasteiger partial charge in [-0.05, 0) is 44.6 Å². The van der Waals surface area contributed by atoms with Crippen LogP contribution in [-0.2, 0) is 9.53 Å². The molecule has 2 aliphatic heterocycles. The number of ether oxygens (including phenoxy) is 1. The Morgan fingerprint density at radius 2 is 2.20 bits per heavy atom. The van der Waals surface area contributed by atoms with Crippen LogP contribution in [0.2, 0.25) is 0 Å². The van der Waals surface area contributed by atoms with Gasteiger partial charge in [0.2, 0.25) is 5.91 Å². The summed E-state index contributed by atoms with van der Waals surface area (Å²) in [5.74, 6) is 0.839. The lowest BCUT2D eigenvalue weighted by Crippen LogP contribution is -2.43. The third-order valence-corrected chi connectivity index (χ3v) is 4.25. The molecule has 0 spiro atoms. The lowest BCUT2D eigenvalue weighted by molar-refractivity contribution is -0.132. The predicted octanol–water partition coefficient (Wildman–Crippen LogP) is 2.18. The minimum absolute atomic E-state index is 0.308. The highest BCUT2D eigenvalue weighted by Gasteiger charge is 2.23. The minimum Gasteiger partial charge on any atom is -0.378 e. The molecule has 20 heavy (non-hydrogen) atoms. The Hall–Kier alpha value is -0.610. The fourth-order valence-corrected chi connectivity index (χ4v) is 3.21. The summed E-state index contributed by atoms with van der Waals surface area (Å²) in [6.45, 7) is 8.10. The van der Waals surface area contributed by atoms with E-state index in [-0.39, 0.29) is 0 Å². The zero-order valence-corrected chi connectivity index (χ0v) is 13.1. The lowest BCUT2D eigenvalue weighted by Gasteiger charge is -2.28. The normalized spacial score (nSPS) is 26.4. The number of amides is 1. The molecule has 116 valence electrons. The molecule has 2 saturated heterocycles. The van der Waals surface area contributed by atoms with E-state index < -0.39 is 0 Å². The number of hydrogen-bond acceptors (Lipinski definition) is 3. The Labute approximate surface area is 123 Å². The molecule has 1 amide bonds. The molecule has 0 aromatic heterocycles. The predicted molar refractivity (Wildman–Crippen MR) is 80.7 cm³/mol. The average molecular weight is 282 g/mol. The van der Waals surface area contributed by atoms with Crippen molar-refractivity contribution in [2.45, 2.75) is 64.5 Å². The summed E-state index contributed by atoms with van der Waals surface area (Å²) in [6, 6.07) is 0.500. The second-order valence-corrected chi connectivity index (χ2v) is 6.66. The van der Waals surface area contributed by atoms with E-state index >= 15 is 0 Å². The van der Waals surface area contributed by atoms with Crippen LogP contribution in [0.15, 0.2) is 0 Å². The van der Waals surface area contributed by atoms with Crippen molar-refractivity contribution in [2.24, 2.45) is 5.92 Å². The molecule has 2 unspecified atom stereocenters. The molecule has 2 rings (SSSR count). The molecular weight excluding hydrogens is 252 g/mol. The van der Waals surface area contributed by atoms with Gasteiger partial charge in [0.25, 0.3) is 0 Å². The Kier molecular flexibility index (Phi) is 6.30. The Bertz CT molecular complexity index is 295. The van der Waals surface area contributed by atoms with Crippen LogP contribution < -0.4 is 5.32 Å². The maximum atomic E-state index is 12.5. The third-order valence-electron chi connectivity index (χ3n) is 4.25. The van der Waals surface area contributed by atoms with Crippen molar-refractivity contribution >= 4 is 5.91 Å². The van der Waals surface area contributed by atoms with Gasteiger partial charge in [0.15, 0.2) is 0 Å². The number of rotatable bonds is 7. The molecule has 4 nitrogen and oxygen atoms in total. The first-order chi connectivity index (χ1) is 9.65. The van der Waals surface area contributed by atoms with Gasteiger partial charge in [0, 0.05) is 32.2 Å².